The van der Waals surface area contributed by atoms with E-state index in [0.29, 0.717) is 0 Å². The molecule has 1 aromatic rings. The van der Waals surface area contributed by atoms with Crippen molar-refractivity contribution in [3.05, 3.63) is 48.2 Å². The second-order valence-corrected chi connectivity index (χ2v) is 2.43. The average Bonchev–Trinajstić information content (AvgIpc) is 2.58. The van der Waals surface area contributed by atoms with E-state index in [0.717, 1.165) is 0 Å². The van der Waals surface area contributed by atoms with Crippen LogP contribution >= 0.6 is 0 Å². The summed E-state index contributed by atoms with van der Waals surface area (Å²) in [6.45, 7) is 0. The van der Waals surface area contributed by atoms with Crippen LogP contribution in [0.3, 0.4) is 0 Å². The molecular weight excluding hydrogens is 138 g/mol. The molecule has 0 amide bonds. The van der Waals surface area contributed by atoms with Gasteiger partial charge in [-0.1, -0.05) is 30.3 Å². The first kappa shape index (κ1) is 6.43. The molecule has 2 heteroatoms. The Kier molecular flexibility index (Phi) is 1.61. The van der Waals surface area contributed by atoms with Gasteiger partial charge in [-0.2, -0.15) is 0 Å². The van der Waals surface area contributed by atoms with Crippen LogP contribution in [0.1, 0.15) is 11.7 Å². The minimum absolute atomic E-state index is 0.0798. The van der Waals surface area contributed by atoms with Crippen molar-refractivity contribution in [3.63, 3.8) is 0 Å². The Hall–Kier alpha value is -1.28. The molecule has 1 atom stereocenters. The van der Waals surface area contributed by atoms with Crippen LogP contribution in [0.15, 0.2) is 42.6 Å². The maximum Gasteiger partial charge on any atom is 0.130 e. The number of nitrogens with one attached hydrogen (secondary N) is 1. The van der Waals surface area contributed by atoms with Crippen molar-refractivity contribution < 1.29 is 4.84 Å². The number of rotatable bonds is 1. The van der Waals surface area contributed by atoms with Crippen LogP contribution in [0.25, 0.3) is 0 Å². The van der Waals surface area contributed by atoms with Crippen molar-refractivity contribution in [3.8, 4) is 0 Å². The third kappa shape index (κ3) is 1.25. The molecule has 2 nitrogen and oxygen atoms in total. The lowest BCUT2D eigenvalue weighted by Crippen LogP contribution is -2.02. The Labute approximate surface area is 65.4 Å². The van der Waals surface area contributed by atoms with E-state index in [1.807, 2.05) is 36.4 Å². The maximum atomic E-state index is 5.18. The summed E-state index contributed by atoms with van der Waals surface area (Å²) in [6, 6.07) is 10.1. The molecule has 1 aliphatic rings. The summed E-state index contributed by atoms with van der Waals surface area (Å²) in [5.41, 5.74) is 3.87. The van der Waals surface area contributed by atoms with E-state index in [1.54, 1.807) is 6.20 Å². The topological polar surface area (TPSA) is 21.3 Å². The van der Waals surface area contributed by atoms with Gasteiger partial charge in [-0.15, -0.1) is 0 Å². The van der Waals surface area contributed by atoms with Crippen molar-refractivity contribution >= 4 is 0 Å². The molecule has 56 valence electrons. The fraction of sp³-hybridized carbons (Fsp3) is 0.111. The highest BCUT2D eigenvalue weighted by atomic mass is 16.7. The van der Waals surface area contributed by atoms with E-state index in [9.17, 15) is 0 Å². The molecule has 1 heterocycles. The molecule has 2 rings (SSSR count). The molecule has 1 aliphatic heterocycles. The van der Waals surface area contributed by atoms with E-state index in [1.165, 1.54) is 5.56 Å². The highest BCUT2D eigenvalue weighted by Gasteiger charge is 2.10. The second kappa shape index (κ2) is 2.76. The van der Waals surface area contributed by atoms with E-state index in [2.05, 4.69) is 5.48 Å². The predicted molar refractivity (Wildman–Crippen MR) is 42.5 cm³/mol. The maximum absolute atomic E-state index is 5.18. The zero-order chi connectivity index (χ0) is 7.52. The van der Waals surface area contributed by atoms with E-state index < -0.39 is 0 Å². The third-order valence-electron chi connectivity index (χ3n) is 1.66. The van der Waals surface area contributed by atoms with Crippen LogP contribution in [0, 0.1) is 0 Å². The molecule has 0 bridgehead atoms. The molecule has 1 N–H and O–H groups in total. The molecule has 0 fully saturated rings. The van der Waals surface area contributed by atoms with E-state index in [-0.39, 0.29) is 6.10 Å². The minimum Gasteiger partial charge on any atom is -0.274 e. The van der Waals surface area contributed by atoms with Gasteiger partial charge < -0.3 is 0 Å². The summed E-state index contributed by atoms with van der Waals surface area (Å²) in [7, 11) is 0. The van der Waals surface area contributed by atoms with Crippen LogP contribution in [-0.4, -0.2) is 0 Å². The molecule has 0 saturated heterocycles. The standard InChI is InChI=1S/C9H9NO/c1-2-4-8(5-3-1)9-6-7-10-11-9/h1-7,9-10H. The number of hydroxylamine groups is 1. The highest BCUT2D eigenvalue weighted by Crippen LogP contribution is 2.19. The Balaban J connectivity index is 2.23. The van der Waals surface area contributed by atoms with Gasteiger partial charge in [0.1, 0.15) is 6.10 Å². The molecule has 11 heavy (non-hydrogen) atoms. The lowest BCUT2D eigenvalue weighted by atomic mass is 10.1. The monoisotopic (exact) mass is 147 g/mol. The third-order valence-corrected chi connectivity index (χ3v) is 1.66. The second-order valence-electron chi connectivity index (χ2n) is 2.43. The van der Waals surface area contributed by atoms with Gasteiger partial charge in [0.05, 0.1) is 0 Å². The molecule has 0 aromatic heterocycles. The van der Waals surface area contributed by atoms with Gasteiger partial charge in [0.25, 0.3) is 0 Å². The van der Waals surface area contributed by atoms with Crippen LogP contribution in [0.4, 0.5) is 0 Å². The fourth-order valence-electron chi connectivity index (χ4n) is 1.10. The zero-order valence-electron chi connectivity index (χ0n) is 6.03. The molecule has 0 aliphatic carbocycles. The van der Waals surface area contributed by atoms with Crippen molar-refractivity contribution in [1.82, 2.24) is 5.48 Å². The summed E-state index contributed by atoms with van der Waals surface area (Å²) in [6.07, 6.45) is 3.86. The largest absolute Gasteiger partial charge is 0.274 e. The first-order valence-corrected chi connectivity index (χ1v) is 3.59. The van der Waals surface area contributed by atoms with Crippen LogP contribution in [0.2, 0.25) is 0 Å². The normalized spacial score (nSPS) is 21.6. The van der Waals surface area contributed by atoms with Crippen molar-refractivity contribution in [2.24, 2.45) is 0 Å². The van der Waals surface area contributed by atoms with Gasteiger partial charge in [-0.3, -0.25) is 10.3 Å². The lowest BCUT2D eigenvalue weighted by Gasteiger charge is -2.05. The van der Waals surface area contributed by atoms with E-state index >= 15 is 0 Å². The smallest absolute Gasteiger partial charge is 0.130 e. The quantitative estimate of drug-likeness (QED) is 0.653. The first-order valence-electron chi connectivity index (χ1n) is 3.59. The summed E-state index contributed by atoms with van der Waals surface area (Å²) < 4.78 is 0. The van der Waals surface area contributed by atoms with Crippen LogP contribution in [0.5, 0.6) is 0 Å². The molecule has 0 saturated carbocycles. The van der Waals surface area contributed by atoms with Gasteiger partial charge in [0, 0.05) is 6.20 Å². The number of benzene rings is 1. The fourth-order valence-corrected chi connectivity index (χ4v) is 1.10. The Morgan fingerprint density at radius 3 is 2.64 bits per heavy atom. The Morgan fingerprint density at radius 1 is 1.18 bits per heavy atom. The predicted octanol–water partition coefficient (Wildman–Crippen LogP) is 1.78. The van der Waals surface area contributed by atoms with Crippen LogP contribution in [-0.2, 0) is 4.84 Å². The van der Waals surface area contributed by atoms with Crippen molar-refractivity contribution in [1.29, 1.82) is 0 Å². The van der Waals surface area contributed by atoms with Crippen LogP contribution < -0.4 is 5.48 Å². The average molecular weight is 147 g/mol. The van der Waals surface area contributed by atoms with Crippen molar-refractivity contribution in [2.75, 3.05) is 0 Å². The summed E-state index contributed by atoms with van der Waals surface area (Å²) >= 11 is 0. The van der Waals surface area contributed by atoms with Gasteiger partial charge in [-0.25, -0.2) is 0 Å². The Morgan fingerprint density at radius 2 is 2.00 bits per heavy atom. The molecule has 1 unspecified atom stereocenters. The zero-order valence-corrected chi connectivity index (χ0v) is 6.03. The molecule has 0 spiro atoms. The summed E-state index contributed by atoms with van der Waals surface area (Å²) in [4.78, 5) is 5.18. The van der Waals surface area contributed by atoms with E-state index in [4.69, 9.17) is 4.84 Å². The van der Waals surface area contributed by atoms with Gasteiger partial charge in [-0.05, 0) is 11.6 Å². The van der Waals surface area contributed by atoms with Crippen molar-refractivity contribution in [2.45, 2.75) is 6.10 Å². The summed E-state index contributed by atoms with van der Waals surface area (Å²) in [5, 5.41) is 0. The SMILES string of the molecule is C1=CC(c2ccccc2)ON1. The molecule has 1 aromatic carbocycles. The first-order chi connectivity index (χ1) is 5.47. The highest BCUT2D eigenvalue weighted by molar-refractivity contribution is 5.21. The number of hydrogen-bond donors (Lipinski definition) is 1. The summed E-state index contributed by atoms with van der Waals surface area (Å²) in [5.74, 6) is 0. The number of hydrogen-bond acceptors (Lipinski definition) is 2. The Bertz CT molecular complexity index is 256. The molecular formula is C9H9NO. The minimum atomic E-state index is 0.0798. The van der Waals surface area contributed by atoms with Gasteiger partial charge >= 0.3 is 0 Å². The van der Waals surface area contributed by atoms with Gasteiger partial charge in [0.15, 0.2) is 0 Å². The van der Waals surface area contributed by atoms with Gasteiger partial charge in [0.2, 0.25) is 0 Å². The molecule has 0 radical (unpaired) electrons. The lowest BCUT2D eigenvalue weighted by molar-refractivity contribution is 0.0470.